The number of benzene rings is 1. The molecule has 0 saturated carbocycles. The van der Waals surface area contributed by atoms with E-state index in [1.54, 1.807) is 0 Å². The largest absolute Gasteiger partial charge is 0.372 e. The fourth-order valence-corrected chi connectivity index (χ4v) is 2.54. The van der Waals surface area contributed by atoms with Crippen molar-refractivity contribution in [3.8, 4) is 0 Å². The Labute approximate surface area is 113 Å². The summed E-state index contributed by atoms with van der Waals surface area (Å²) in [5.41, 5.74) is 8.13. The normalized spacial score (nSPS) is 12.5. The summed E-state index contributed by atoms with van der Waals surface area (Å²) >= 11 is 3.62. The summed E-state index contributed by atoms with van der Waals surface area (Å²) in [6, 6.07) is 7.12. The van der Waals surface area contributed by atoms with E-state index in [0.29, 0.717) is 12.6 Å². The van der Waals surface area contributed by atoms with E-state index in [4.69, 9.17) is 5.73 Å². The molecule has 0 heterocycles. The van der Waals surface area contributed by atoms with Crippen LogP contribution < -0.4 is 10.6 Å². The van der Waals surface area contributed by atoms with E-state index < -0.39 is 0 Å². The van der Waals surface area contributed by atoms with Gasteiger partial charge in [0.05, 0.1) is 0 Å². The fraction of sp³-hybridized carbons (Fsp3) is 0.571. The van der Waals surface area contributed by atoms with Crippen molar-refractivity contribution in [1.82, 2.24) is 0 Å². The summed E-state index contributed by atoms with van der Waals surface area (Å²) in [6.07, 6.45) is 3.37. The zero-order chi connectivity index (χ0) is 12.8. The molecule has 3 heteroatoms. The maximum absolute atomic E-state index is 5.58. The van der Waals surface area contributed by atoms with E-state index >= 15 is 0 Å². The first-order chi connectivity index (χ1) is 8.10. The molecule has 1 aromatic rings. The molecule has 1 aromatic carbocycles. The smallest absolute Gasteiger partial charge is 0.0377 e. The second-order valence-corrected chi connectivity index (χ2v) is 5.42. The minimum absolute atomic E-state index is 0.576. The van der Waals surface area contributed by atoms with Crippen LogP contribution >= 0.6 is 15.9 Å². The average Bonchev–Trinajstić information content (AvgIpc) is 2.31. The van der Waals surface area contributed by atoms with Gasteiger partial charge in [0.25, 0.3) is 0 Å². The minimum Gasteiger partial charge on any atom is -0.372 e. The fourth-order valence-electron chi connectivity index (χ4n) is 1.98. The molecule has 0 aliphatic rings. The summed E-state index contributed by atoms with van der Waals surface area (Å²) in [5.74, 6) is 0. The number of anilines is 1. The van der Waals surface area contributed by atoms with Crippen LogP contribution in [0, 0.1) is 0 Å². The molecule has 1 unspecified atom stereocenters. The zero-order valence-corrected chi connectivity index (χ0v) is 12.6. The van der Waals surface area contributed by atoms with E-state index in [1.807, 2.05) is 0 Å². The highest BCUT2D eigenvalue weighted by Crippen LogP contribution is 2.25. The number of nitrogens with zero attached hydrogens (tertiary/aromatic N) is 1. The lowest BCUT2D eigenvalue weighted by molar-refractivity contribution is 0.616. The Kier molecular flexibility index (Phi) is 6.00. The Balaban J connectivity index is 2.81. The molecule has 0 fully saturated rings. The van der Waals surface area contributed by atoms with Gasteiger partial charge >= 0.3 is 0 Å². The first kappa shape index (κ1) is 14.5. The van der Waals surface area contributed by atoms with E-state index in [1.165, 1.54) is 24.1 Å². The molecule has 0 radical (unpaired) electrons. The molecule has 0 bridgehead atoms. The predicted molar refractivity (Wildman–Crippen MR) is 79.7 cm³/mol. The quantitative estimate of drug-likeness (QED) is 0.870. The average molecular weight is 299 g/mol. The molecule has 0 spiro atoms. The van der Waals surface area contributed by atoms with Gasteiger partial charge in [0.2, 0.25) is 0 Å². The van der Waals surface area contributed by atoms with Gasteiger partial charge in [-0.2, -0.15) is 0 Å². The van der Waals surface area contributed by atoms with Crippen LogP contribution in [0.2, 0.25) is 0 Å². The van der Waals surface area contributed by atoms with E-state index in [-0.39, 0.29) is 0 Å². The Morgan fingerprint density at radius 2 is 2.12 bits per heavy atom. The van der Waals surface area contributed by atoms with Crippen LogP contribution in [0.15, 0.2) is 22.7 Å². The van der Waals surface area contributed by atoms with Gasteiger partial charge in [0, 0.05) is 23.2 Å². The van der Waals surface area contributed by atoms with Crippen LogP contribution in [-0.2, 0) is 6.42 Å². The minimum atomic E-state index is 0.576. The van der Waals surface area contributed by atoms with Gasteiger partial charge in [-0.3, -0.25) is 0 Å². The van der Waals surface area contributed by atoms with E-state index in [2.05, 4.69) is 59.9 Å². The molecule has 1 rings (SSSR count). The van der Waals surface area contributed by atoms with Crippen LogP contribution in [0.25, 0.3) is 0 Å². The maximum Gasteiger partial charge on any atom is 0.0377 e. The Morgan fingerprint density at radius 3 is 2.65 bits per heavy atom. The highest BCUT2D eigenvalue weighted by Gasteiger charge is 2.10. The van der Waals surface area contributed by atoms with Crippen molar-refractivity contribution >= 4 is 21.6 Å². The third-order valence-electron chi connectivity index (χ3n) is 3.23. The van der Waals surface area contributed by atoms with Gasteiger partial charge in [-0.15, -0.1) is 0 Å². The number of halogens is 1. The molecule has 2 nitrogen and oxygen atoms in total. The first-order valence-electron chi connectivity index (χ1n) is 6.31. The van der Waals surface area contributed by atoms with Crippen LogP contribution in [0.4, 0.5) is 5.69 Å². The van der Waals surface area contributed by atoms with Crippen molar-refractivity contribution in [2.45, 2.75) is 39.2 Å². The number of hydrogen-bond acceptors (Lipinski definition) is 2. The standard InChI is InChI=1S/C14H23BrN2/c1-4-5-11(2)17(3)13-7-6-12(8-9-16)14(15)10-13/h6-7,10-11H,4-5,8-9,16H2,1-3H3. The van der Waals surface area contributed by atoms with Gasteiger partial charge in [0.15, 0.2) is 0 Å². The first-order valence-corrected chi connectivity index (χ1v) is 7.10. The maximum atomic E-state index is 5.58. The Hall–Kier alpha value is -0.540. The Morgan fingerprint density at radius 1 is 1.41 bits per heavy atom. The SMILES string of the molecule is CCCC(C)N(C)c1ccc(CCN)c(Br)c1. The van der Waals surface area contributed by atoms with Crippen LogP contribution in [0.3, 0.4) is 0 Å². The van der Waals surface area contributed by atoms with Crippen LogP contribution in [-0.4, -0.2) is 19.6 Å². The van der Waals surface area contributed by atoms with Gasteiger partial charge in [0.1, 0.15) is 0 Å². The summed E-state index contributed by atoms with van der Waals surface area (Å²) in [6.45, 7) is 5.19. The van der Waals surface area contributed by atoms with Gasteiger partial charge in [-0.05, 0) is 44.0 Å². The van der Waals surface area contributed by atoms with Crippen LogP contribution in [0.5, 0.6) is 0 Å². The van der Waals surface area contributed by atoms with Crippen molar-refractivity contribution in [3.63, 3.8) is 0 Å². The molecular formula is C14H23BrN2. The molecule has 17 heavy (non-hydrogen) atoms. The monoisotopic (exact) mass is 298 g/mol. The van der Waals surface area contributed by atoms with Crippen molar-refractivity contribution in [1.29, 1.82) is 0 Å². The van der Waals surface area contributed by atoms with E-state index in [0.717, 1.165) is 10.9 Å². The molecule has 0 aliphatic heterocycles. The lowest BCUT2D eigenvalue weighted by Gasteiger charge is -2.27. The third kappa shape index (κ3) is 4.00. The molecule has 0 aliphatic carbocycles. The van der Waals surface area contributed by atoms with Crippen molar-refractivity contribution in [2.24, 2.45) is 5.73 Å². The lowest BCUT2D eigenvalue weighted by atomic mass is 10.1. The molecule has 0 saturated heterocycles. The third-order valence-corrected chi connectivity index (χ3v) is 3.96. The second-order valence-electron chi connectivity index (χ2n) is 4.56. The molecular weight excluding hydrogens is 276 g/mol. The van der Waals surface area contributed by atoms with Crippen molar-refractivity contribution in [3.05, 3.63) is 28.2 Å². The molecule has 2 N–H and O–H groups in total. The van der Waals surface area contributed by atoms with Gasteiger partial charge in [-0.1, -0.05) is 35.3 Å². The van der Waals surface area contributed by atoms with E-state index in [9.17, 15) is 0 Å². The molecule has 0 aromatic heterocycles. The number of rotatable bonds is 6. The highest BCUT2D eigenvalue weighted by atomic mass is 79.9. The van der Waals surface area contributed by atoms with Crippen molar-refractivity contribution in [2.75, 3.05) is 18.5 Å². The summed E-state index contributed by atoms with van der Waals surface area (Å²) in [4.78, 5) is 2.33. The highest BCUT2D eigenvalue weighted by molar-refractivity contribution is 9.10. The summed E-state index contributed by atoms with van der Waals surface area (Å²) in [7, 11) is 2.16. The molecule has 96 valence electrons. The van der Waals surface area contributed by atoms with Crippen molar-refractivity contribution < 1.29 is 0 Å². The van der Waals surface area contributed by atoms with Gasteiger partial charge < -0.3 is 10.6 Å². The van der Waals surface area contributed by atoms with Gasteiger partial charge in [-0.25, -0.2) is 0 Å². The predicted octanol–water partition coefficient (Wildman–Crippen LogP) is 3.58. The van der Waals surface area contributed by atoms with Crippen LogP contribution in [0.1, 0.15) is 32.3 Å². The topological polar surface area (TPSA) is 29.3 Å². The second kappa shape index (κ2) is 7.02. The molecule has 0 amide bonds. The number of nitrogens with two attached hydrogens (primary N) is 1. The number of hydrogen-bond donors (Lipinski definition) is 1. The molecule has 1 atom stereocenters. The Bertz CT molecular complexity index is 352. The lowest BCUT2D eigenvalue weighted by Crippen LogP contribution is -2.28. The summed E-state index contributed by atoms with van der Waals surface area (Å²) in [5, 5.41) is 0. The zero-order valence-electron chi connectivity index (χ0n) is 11.0. The summed E-state index contributed by atoms with van der Waals surface area (Å²) < 4.78 is 1.16.